The number of hydrogen-bond donors (Lipinski definition) is 0. The van der Waals surface area contributed by atoms with Gasteiger partial charge in [-0.25, -0.2) is 4.99 Å². The molecule has 0 atom stereocenters. The van der Waals surface area contributed by atoms with Crippen molar-refractivity contribution in [2.45, 2.75) is 0 Å². The van der Waals surface area contributed by atoms with Gasteiger partial charge >= 0.3 is 0 Å². The molecule has 0 amide bonds. The van der Waals surface area contributed by atoms with Crippen LogP contribution in [0.15, 0.2) is 22.3 Å². The average Bonchev–Trinajstić information content (AvgIpc) is 2.33. The highest BCUT2D eigenvalue weighted by Gasteiger charge is 2.12. The van der Waals surface area contributed by atoms with Crippen molar-refractivity contribution in [3.05, 3.63) is 12.3 Å². The number of nitrogens with zero attached hydrogens (tertiary/aromatic N) is 3. The van der Waals surface area contributed by atoms with Crippen molar-refractivity contribution in [1.82, 2.24) is 4.90 Å². The smallest absolute Gasteiger partial charge is 0.130 e. The quantitative estimate of drug-likeness (QED) is 0.451. The Hall–Kier alpha value is -1.12. The maximum absolute atomic E-state index is 4.22. The molecule has 3 heteroatoms. The van der Waals surface area contributed by atoms with Gasteiger partial charge in [-0.15, -0.1) is 0 Å². The van der Waals surface area contributed by atoms with Crippen molar-refractivity contribution < 1.29 is 0 Å². The molecule has 2 heterocycles. The van der Waals surface area contributed by atoms with Gasteiger partial charge in [0.25, 0.3) is 0 Å². The van der Waals surface area contributed by atoms with Crippen LogP contribution in [0, 0.1) is 0 Å². The van der Waals surface area contributed by atoms with Gasteiger partial charge in [-0.2, -0.15) is 0 Å². The lowest BCUT2D eigenvalue weighted by molar-refractivity contribution is 0.683. The highest BCUT2D eigenvalue weighted by molar-refractivity contribution is 6.02. The van der Waals surface area contributed by atoms with Gasteiger partial charge in [0, 0.05) is 12.7 Å². The van der Waals surface area contributed by atoms with Crippen molar-refractivity contribution in [1.29, 1.82) is 0 Å². The number of aliphatic imine (C=N–C) groups is 2. The molecule has 9 heavy (non-hydrogen) atoms. The van der Waals surface area contributed by atoms with Crippen LogP contribution in [0.4, 0.5) is 0 Å². The molecule has 0 aliphatic carbocycles. The highest BCUT2D eigenvalue weighted by atomic mass is 15.3. The Morgan fingerprint density at radius 2 is 2.56 bits per heavy atom. The molecule has 2 aliphatic heterocycles. The SMILES string of the molecule is C1=CC2=NCCN2C=N1. The molecule has 0 aromatic rings. The largest absolute Gasteiger partial charge is 0.316 e. The zero-order valence-electron chi connectivity index (χ0n) is 4.99. The van der Waals surface area contributed by atoms with E-state index in [1.807, 2.05) is 17.3 Å². The standard InChI is InChI=1S/C6H7N3/c1-2-7-5-9-4-3-8-6(1)9/h1-2,5H,3-4H2. The molecule has 0 N–H and O–H groups in total. The van der Waals surface area contributed by atoms with E-state index in [0.717, 1.165) is 18.9 Å². The van der Waals surface area contributed by atoms with Gasteiger partial charge in [0.15, 0.2) is 0 Å². The second kappa shape index (κ2) is 1.69. The van der Waals surface area contributed by atoms with Crippen LogP contribution in [0.5, 0.6) is 0 Å². The zero-order chi connectivity index (χ0) is 6.10. The summed E-state index contributed by atoms with van der Waals surface area (Å²) >= 11 is 0. The van der Waals surface area contributed by atoms with Crippen LogP contribution in [0.3, 0.4) is 0 Å². The van der Waals surface area contributed by atoms with Crippen LogP contribution in [-0.2, 0) is 0 Å². The molecule has 3 nitrogen and oxygen atoms in total. The van der Waals surface area contributed by atoms with Gasteiger partial charge in [-0.05, 0) is 6.08 Å². The number of rotatable bonds is 0. The molecular weight excluding hydrogens is 114 g/mol. The molecule has 0 unspecified atom stereocenters. The van der Waals surface area contributed by atoms with Crippen LogP contribution in [0.2, 0.25) is 0 Å². The molecule has 0 aromatic carbocycles. The summed E-state index contributed by atoms with van der Waals surface area (Å²) in [5.41, 5.74) is 0. The molecule has 2 aliphatic rings. The monoisotopic (exact) mass is 121 g/mol. The van der Waals surface area contributed by atoms with E-state index in [1.165, 1.54) is 0 Å². The van der Waals surface area contributed by atoms with Crippen LogP contribution in [0.25, 0.3) is 0 Å². The normalized spacial score (nSPS) is 22.2. The van der Waals surface area contributed by atoms with E-state index < -0.39 is 0 Å². The fourth-order valence-corrected chi connectivity index (χ4v) is 0.972. The van der Waals surface area contributed by atoms with E-state index in [-0.39, 0.29) is 0 Å². The fraction of sp³-hybridized carbons (Fsp3) is 0.333. The summed E-state index contributed by atoms with van der Waals surface area (Å²) < 4.78 is 0. The van der Waals surface area contributed by atoms with Gasteiger partial charge in [-0.1, -0.05) is 0 Å². The Labute approximate surface area is 53.4 Å². The Balaban J connectivity index is 2.33. The van der Waals surface area contributed by atoms with Gasteiger partial charge in [0.05, 0.1) is 12.9 Å². The molecular formula is C6H7N3. The van der Waals surface area contributed by atoms with Crippen molar-refractivity contribution in [2.75, 3.05) is 13.1 Å². The van der Waals surface area contributed by atoms with E-state index in [9.17, 15) is 0 Å². The molecule has 0 fully saturated rings. The minimum Gasteiger partial charge on any atom is -0.316 e. The molecule has 46 valence electrons. The third kappa shape index (κ3) is 0.650. The zero-order valence-corrected chi connectivity index (χ0v) is 4.99. The predicted molar refractivity (Wildman–Crippen MR) is 36.6 cm³/mol. The summed E-state index contributed by atoms with van der Waals surface area (Å²) in [6.45, 7) is 1.90. The van der Waals surface area contributed by atoms with E-state index >= 15 is 0 Å². The lowest BCUT2D eigenvalue weighted by Crippen LogP contribution is -2.25. The van der Waals surface area contributed by atoms with Crippen LogP contribution in [-0.4, -0.2) is 30.2 Å². The first kappa shape index (κ1) is 4.73. The molecule has 0 spiro atoms. The van der Waals surface area contributed by atoms with Gasteiger partial charge < -0.3 is 4.90 Å². The molecule has 0 radical (unpaired) electrons. The topological polar surface area (TPSA) is 28.0 Å². The van der Waals surface area contributed by atoms with E-state index in [2.05, 4.69) is 9.98 Å². The summed E-state index contributed by atoms with van der Waals surface area (Å²) in [5.74, 6) is 1.05. The number of amidine groups is 1. The van der Waals surface area contributed by atoms with Crippen molar-refractivity contribution in [3.63, 3.8) is 0 Å². The minimum absolute atomic E-state index is 0.908. The first-order valence-electron chi connectivity index (χ1n) is 2.98. The van der Waals surface area contributed by atoms with Crippen molar-refractivity contribution >= 4 is 12.2 Å². The van der Waals surface area contributed by atoms with Gasteiger partial charge in [0.1, 0.15) is 5.84 Å². The Bertz CT molecular complexity index is 200. The van der Waals surface area contributed by atoms with Gasteiger partial charge in [0.2, 0.25) is 0 Å². The minimum atomic E-state index is 0.908. The van der Waals surface area contributed by atoms with Crippen LogP contribution in [0.1, 0.15) is 0 Å². The second-order valence-corrected chi connectivity index (χ2v) is 2.01. The second-order valence-electron chi connectivity index (χ2n) is 2.01. The molecule has 2 rings (SSSR count). The van der Waals surface area contributed by atoms with E-state index in [0.29, 0.717) is 0 Å². The highest BCUT2D eigenvalue weighted by Crippen LogP contribution is 2.03. The fourth-order valence-electron chi connectivity index (χ4n) is 0.972. The summed E-state index contributed by atoms with van der Waals surface area (Å²) in [5, 5.41) is 0. The third-order valence-electron chi connectivity index (χ3n) is 1.42. The predicted octanol–water partition coefficient (Wildman–Crippen LogP) is 0.256. The molecule has 0 aromatic heterocycles. The maximum Gasteiger partial charge on any atom is 0.130 e. The lowest BCUT2D eigenvalue weighted by Gasteiger charge is -2.12. The van der Waals surface area contributed by atoms with Crippen molar-refractivity contribution in [3.8, 4) is 0 Å². The molecule has 0 bridgehead atoms. The summed E-state index contributed by atoms with van der Waals surface area (Å²) in [6.07, 6.45) is 5.50. The average molecular weight is 121 g/mol. The third-order valence-corrected chi connectivity index (χ3v) is 1.42. The lowest BCUT2D eigenvalue weighted by atomic mass is 10.5. The first-order valence-corrected chi connectivity index (χ1v) is 2.98. The maximum atomic E-state index is 4.22. The summed E-state index contributed by atoms with van der Waals surface area (Å²) in [4.78, 5) is 10.2. The van der Waals surface area contributed by atoms with Crippen molar-refractivity contribution in [2.24, 2.45) is 9.98 Å². The Kier molecular flexibility index (Phi) is 0.886. The first-order chi connectivity index (χ1) is 4.47. The summed E-state index contributed by atoms with van der Waals surface area (Å²) in [6, 6.07) is 0. The Morgan fingerprint density at radius 3 is 3.44 bits per heavy atom. The van der Waals surface area contributed by atoms with Crippen LogP contribution < -0.4 is 0 Å². The Morgan fingerprint density at radius 1 is 1.56 bits per heavy atom. The number of fused-ring (bicyclic) bond motifs is 1. The molecule has 0 saturated heterocycles. The van der Waals surface area contributed by atoms with Crippen LogP contribution >= 0.6 is 0 Å². The molecule has 0 saturated carbocycles. The van der Waals surface area contributed by atoms with E-state index in [4.69, 9.17) is 0 Å². The number of hydrogen-bond acceptors (Lipinski definition) is 3. The summed E-state index contributed by atoms with van der Waals surface area (Å²) in [7, 11) is 0. The van der Waals surface area contributed by atoms with Gasteiger partial charge in [-0.3, -0.25) is 4.99 Å². The van der Waals surface area contributed by atoms with E-state index in [1.54, 1.807) is 6.20 Å².